The largest absolute Gasteiger partial charge is 0.493 e. The van der Waals surface area contributed by atoms with E-state index in [0.717, 1.165) is 35.5 Å². The standard InChI is InChI=1S/C19H21N3O3/c1-12(22-19(20)24)18(23)21-11-13-2-4-14(5-3-13)15-6-7-17-16(10-15)8-9-25-17/h2-7,10,12H,8-9,11H2,1H3,(H,21,23)(H3,20,22,24). The molecule has 6 heteroatoms. The Hall–Kier alpha value is -3.02. The van der Waals surface area contributed by atoms with Gasteiger partial charge in [0.1, 0.15) is 11.8 Å². The molecular weight excluding hydrogens is 318 g/mol. The van der Waals surface area contributed by atoms with Gasteiger partial charge in [0, 0.05) is 13.0 Å². The van der Waals surface area contributed by atoms with Gasteiger partial charge in [-0.3, -0.25) is 4.79 Å². The van der Waals surface area contributed by atoms with E-state index < -0.39 is 12.1 Å². The first kappa shape index (κ1) is 16.8. The summed E-state index contributed by atoms with van der Waals surface area (Å²) in [6.07, 6.45) is 0.949. The van der Waals surface area contributed by atoms with Crippen LogP contribution in [0.1, 0.15) is 18.1 Å². The van der Waals surface area contributed by atoms with E-state index in [-0.39, 0.29) is 5.91 Å². The molecule has 0 bridgehead atoms. The number of hydrogen-bond donors (Lipinski definition) is 3. The lowest BCUT2D eigenvalue weighted by molar-refractivity contribution is -0.122. The number of primary amides is 1. The van der Waals surface area contributed by atoms with Crippen LogP contribution in [0, 0.1) is 0 Å². The number of amides is 3. The molecule has 1 aliphatic heterocycles. The van der Waals surface area contributed by atoms with Crippen molar-refractivity contribution in [1.82, 2.24) is 10.6 Å². The van der Waals surface area contributed by atoms with Crippen LogP contribution in [-0.4, -0.2) is 24.6 Å². The van der Waals surface area contributed by atoms with Crippen molar-refractivity contribution < 1.29 is 14.3 Å². The topological polar surface area (TPSA) is 93.5 Å². The molecule has 0 aliphatic carbocycles. The Bertz CT molecular complexity index is 787. The molecule has 0 fully saturated rings. The highest BCUT2D eigenvalue weighted by atomic mass is 16.5. The van der Waals surface area contributed by atoms with Crippen LogP contribution >= 0.6 is 0 Å². The van der Waals surface area contributed by atoms with Gasteiger partial charge in [0.05, 0.1) is 6.61 Å². The molecular formula is C19H21N3O3. The number of ether oxygens (including phenoxy) is 1. The van der Waals surface area contributed by atoms with E-state index in [9.17, 15) is 9.59 Å². The summed E-state index contributed by atoms with van der Waals surface area (Å²) in [6, 6.07) is 12.9. The van der Waals surface area contributed by atoms with Gasteiger partial charge in [0.2, 0.25) is 5.91 Å². The number of nitrogens with two attached hydrogens (primary N) is 1. The Labute approximate surface area is 146 Å². The molecule has 6 nitrogen and oxygen atoms in total. The summed E-state index contributed by atoms with van der Waals surface area (Å²) < 4.78 is 5.53. The van der Waals surface area contributed by atoms with Crippen molar-refractivity contribution in [2.24, 2.45) is 5.73 Å². The lowest BCUT2D eigenvalue weighted by atomic mass is 10.0. The average Bonchev–Trinajstić information content (AvgIpc) is 3.07. The Morgan fingerprint density at radius 2 is 1.88 bits per heavy atom. The van der Waals surface area contributed by atoms with Crippen LogP contribution in [0.4, 0.5) is 4.79 Å². The highest BCUT2D eigenvalue weighted by Gasteiger charge is 2.14. The summed E-state index contributed by atoms with van der Waals surface area (Å²) in [4.78, 5) is 22.6. The van der Waals surface area contributed by atoms with Crippen LogP contribution < -0.4 is 21.1 Å². The molecule has 0 aromatic heterocycles. The second-order valence-corrected chi connectivity index (χ2v) is 6.07. The molecule has 1 atom stereocenters. The number of hydrogen-bond acceptors (Lipinski definition) is 3. The average molecular weight is 339 g/mol. The molecule has 3 rings (SSSR count). The van der Waals surface area contributed by atoms with Crippen molar-refractivity contribution in [2.75, 3.05) is 6.61 Å². The number of fused-ring (bicyclic) bond motifs is 1. The normalized spacial score (nSPS) is 13.5. The zero-order valence-electron chi connectivity index (χ0n) is 14.0. The second-order valence-electron chi connectivity index (χ2n) is 6.07. The Kier molecular flexibility index (Phi) is 4.88. The molecule has 2 aromatic carbocycles. The van der Waals surface area contributed by atoms with Crippen molar-refractivity contribution in [2.45, 2.75) is 25.9 Å². The van der Waals surface area contributed by atoms with Gasteiger partial charge in [0.15, 0.2) is 0 Å². The maximum absolute atomic E-state index is 11.9. The molecule has 130 valence electrons. The van der Waals surface area contributed by atoms with Crippen LogP contribution in [0.15, 0.2) is 42.5 Å². The third kappa shape index (κ3) is 4.09. The lowest BCUT2D eigenvalue weighted by Gasteiger charge is -2.12. The number of nitrogens with one attached hydrogen (secondary N) is 2. The molecule has 3 amide bonds. The van der Waals surface area contributed by atoms with E-state index in [4.69, 9.17) is 10.5 Å². The van der Waals surface area contributed by atoms with Crippen molar-refractivity contribution >= 4 is 11.9 Å². The summed E-state index contributed by atoms with van der Waals surface area (Å²) in [6.45, 7) is 2.73. The van der Waals surface area contributed by atoms with Gasteiger partial charge in [0.25, 0.3) is 0 Å². The van der Waals surface area contributed by atoms with E-state index in [1.54, 1.807) is 6.92 Å². The molecule has 0 radical (unpaired) electrons. The number of carbonyl (C=O) groups excluding carboxylic acids is 2. The highest BCUT2D eigenvalue weighted by Crippen LogP contribution is 2.30. The Balaban J connectivity index is 1.61. The third-order valence-electron chi connectivity index (χ3n) is 4.20. The number of carbonyl (C=O) groups is 2. The summed E-state index contributed by atoms with van der Waals surface area (Å²) >= 11 is 0. The van der Waals surface area contributed by atoms with E-state index >= 15 is 0 Å². The molecule has 0 spiro atoms. The van der Waals surface area contributed by atoms with E-state index in [2.05, 4.69) is 22.8 Å². The van der Waals surface area contributed by atoms with Crippen molar-refractivity contribution in [3.63, 3.8) is 0 Å². The minimum atomic E-state index is -0.716. The minimum absolute atomic E-state index is 0.276. The van der Waals surface area contributed by atoms with Gasteiger partial charge in [-0.15, -0.1) is 0 Å². The van der Waals surface area contributed by atoms with E-state index in [1.165, 1.54) is 5.56 Å². The van der Waals surface area contributed by atoms with Gasteiger partial charge in [-0.25, -0.2) is 4.79 Å². The fourth-order valence-electron chi connectivity index (χ4n) is 2.80. The SMILES string of the molecule is CC(NC(N)=O)C(=O)NCc1ccc(-c2ccc3c(c2)CCO3)cc1. The second kappa shape index (κ2) is 7.25. The summed E-state index contributed by atoms with van der Waals surface area (Å²) in [5.74, 6) is 0.697. The van der Waals surface area contributed by atoms with Crippen molar-refractivity contribution in [1.29, 1.82) is 0 Å². The van der Waals surface area contributed by atoms with Gasteiger partial charge in [-0.2, -0.15) is 0 Å². The van der Waals surface area contributed by atoms with Gasteiger partial charge in [-0.1, -0.05) is 30.3 Å². The molecule has 1 aliphatic rings. The summed E-state index contributed by atoms with van der Waals surface area (Å²) in [7, 11) is 0. The fraction of sp³-hybridized carbons (Fsp3) is 0.263. The molecule has 2 aromatic rings. The number of urea groups is 1. The van der Waals surface area contributed by atoms with Crippen molar-refractivity contribution in [3.8, 4) is 16.9 Å². The van der Waals surface area contributed by atoms with Gasteiger partial charge in [-0.05, 0) is 41.3 Å². The first-order valence-corrected chi connectivity index (χ1v) is 8.21. The Morgan fingerprint density at radius 3 is 2.60 bits per heavy atom. The summed E-state index contributed by atoms with van der Waals surface area (Å²) in [5, 5.41) is 5.12. The van der Waals surface area contributed by atoms with Crippen LogP contribution in [0.5, 0.6) is 5.75 Å². The smallest absolute Gasteiger partial charge is 0.312 e. The maximum atomic E-state index is 11.9. The fourth-order valence-corrected chi connectivity index (χ4v) is 2.80. The van der Waals surface area contributed by atoms with Crippen molar-refractivity contribution in [3.05, 3.63) is 53.6 Å². The van der Waals surface area contributed by atoms with Crippen LogP contribution in [-0.2, 0) is 17.8 Å². The molecule has 1 unspecified atom stereocenters. The van der Waals surface area contributed by atoms with Gasteiger partial charge < -0.3 is 21.1 Å². The number of rotatable bonds is 5. The lowest BCUT2D eigenvalue weighted by Crippen LogP contribution is -2.46. The van der Waals surface area contributed by atoms with Gasteiger partial charge >= 0.3 is 6.03 Å². The number of benzene rings is 2. The first-order valence-electron chi connectivity index (χ1n) is 8.21. The molecule has 0 saturated heterocycles. The molecule has 1 heterocycles. The Morgan fingerprint density at radius 1 is 1.16 bits per heavy atom. The molecule has 4 N–H and O–H groups in total. The first-order chi connectivity index (χ1) is 12.0. The quantitative estimate of drug-likeness (QED) is 0.777. The van der Waals surface area contributed by atoms with E-state index in [0.29, 0.717) is 6.54 Å². The maximum Gasteiger partial charge on any atom is 0.312 e. The predicted molar refractivity (Wildman–Crippen MR) is 95.1 cm³/mol. The molecule has 0 saturated carbocycles. The zero-order chi connectivity index (χ0) is 17.8. The highest BCUT2D eigenvalue weighted by molar-refractivity contribution is 5.86. The van der Waals surface area contributed by atoms with E-state index in [1.807, 2.05) is 30.3 Å². The predicted octanol–water partition coefficient (Wildman–Crippen LogP) is 1.96. The zero-order valence-corrected chi connectivity index (χ0v) is 14.0. The van der Waals surface area contributed by atoms with Crippen LogP contribution in [0.2, 0.25) is 0 Å². The minimum Gasteiger partial charge on any atom is -0.493 e. The van der Waals surface area contributed by atoms with Crippen LogP contribution in [0.25, 0.3) is 11.1 Å². The monoisotopic (exact) mass is 339 g/mol. The molecule has 25 heavy (non-hydrogen) atoms. The summed E-state index contributed by atoms with van der Waals surface area (Å²) in [5.41, 5.74) is 9.50. The van der Waals surface area contributed by atoms with Crippen LogP contribution in [0.3, 0.4) is 0 Å². The third-order valence-corrected chi connectivity index (χ3v) is 4.20.